The molecule has 0 radical (unpaired) electrons. The lowest BCUT2D eigenvalue weighted by Crippen LogP contribution is -2.37. The number of halogens is 4. The first kappa shape index (κ1) is 25.3. The van der Waals surface area contributed by atoms with Crippen molar-refractivity contribution in [2.45, 2.75) is 20.5 Å². The van der Waals surface area contributed by atoms with Gasteiger partial charge in [-0.15, -0.1) is 12.4 Å². The third-order valence-electron chi connectivity index (χ3n) is 4.48. The molecular weight excluding hydrogens is 531 g/mol. The van der Waals surface area contributed by atoms with Gasteiger partial charge in [0.15, 0.2) is 11.4 Å². The molecule has 2 aromatic heterocycles. The number of hydrogen-bond donors (Lipinski definition) is 1. The minimum absolute atomic E-state index is 0. The van der Waals surface area contributed by atoms with E-state index >= 15 is 0 Å². The van der Waals surface area contributed by atoms with E-state index in [0.29, 0.717) is 32.7 Å². The van der Waals surface area contributed by atoms with Crippen molar-refractivity contribution in [2.24, 2.45) is 0 Å². The summed E-state index contributed by atoms with van der Waals surface area (Å²) in [7, 11) is 1.58. The summed E-state index contributed by atoms with van der Waals surface area (Å²) in [5.74, 6) is -0.0363. The summed E-state index contributed by atoms with van der Waals surface area (Å²) >= 11 is 16.4. The van der Waals surface area contributed by atoms with Crippen LogP contribution < -0.4 is 15.0 Å². The maximum Gasteiger partial charge on any atom is 0.246 e. The predicted molar refractivity (Wildman–Crippen MR) is 128 cm³/mol. The number of carbonyl (C=O) groups excluding carboxylic acids is 2. The van der Waals surface area contributed by atoms with Gasteiger partial charge in [-0.2, -0.15) is 0 Å². The highest BCUT2D eigenvalue weighted by Crippen LogP contribution is 2.35. The Labute approximate surface area is 204 Å². The van der Waals surface area contributed by atoms with Gasteiger partial charge in [0.25, 0.3) is 0 Å². The van der Waals surface area contributed by atoms with E-state index < -0.39 is 0 Å². The van der Waals surface area contributed by atoms with Crippen LogP contribution in [0.1, 0.15) is 18.2 Å². The number of imidazole rings is 1. The smallest absolute Gasteiger partial charge is 0.246 e. The van der Waals surface area contributed by atoms with Crippen molar-refractivity contribution in [1.82, 2.24) is 14.7 Å². The molecule has 0 aliphatic rings. The zero-order valence-corrected chi connectivity index (χ0v) is 20.8. The SMILES string of the molecule is CC(=O)NCC(=O)N(C)c1ccc(Cl)c(COc2cccn3c(Br)c(C)nc23)c1Cl.Cl. The number of carbonyl (C=O) groups is 2. The van der Waals surface area contributed by atoms with Crippen LogP contribution in [0.2, 0.25) is 10.0 Å². The van der Waals surface area contributed by atoms with Gasteiger partial charge in [-0.1, -0.05) is 23.2 Å². The molecule has 0 unspecified atom stereocenters. The Morgan fingerprint density at radius 1 is 1.29 bits per heavy atom. The molecule has 1 N–H and O–H groups in total. The van der Waals surface area contributed by atoms with Gasteiger partial charge in [0.05, 0.1) is 22.9 Å². The minimum atomic E-state index is -0.316. The highest BCUT2D eigenvalue weighted by atomic mass is 79.9. The van der Waals surface area contributed by atoms with E-state index in [-0.39, 0.29) is 37.4 Å². The molecule has 0 saturated carbocycles. The Bertz CT molecular complexity index is 1140. The largest absolute Gasteiger partial charge is 0.485 e. The van der Waals surface area contributed by atoms with Crippen molar-refractivity contribution in [2.75, 3.05) is 18.5 Å². The summed E-state index contributed by atoms with van der Waals surface area (Å²) in [5, 5.41) is 3.19. The number of amides is 2. The maximum atomic E-state index is 12.3. The quantitative estimate of drug-likeness (QED) is 0.478. The molecule has 3 aromatic rings. The van der Waals surface area contributed by atoms with Crippen LogP contribution in [0.25, 0.3) is 5.65 Å². The van der Waals surface area contributed by atoms with Crippen molar-refractivity contribution in [3.05, 3.63) is 56.4 Å². The number of likely N-dealkylation sites (N-methyl/N-ethyl adjacent to an activating group) is 1. The van der Waals surface area contributed by atoms with E-state index in [4.69, 9.17) is 27.9 Å². The fraction of sp³-hybridized carbons (Fsp3) is 0.250. The third kappa shape index (κ3) is 5.44. The van der Waals surface area contributed by atoms with Gasteiger partial charge in [0.2, 0.25) is 11.8 Å². The average Bonchev–Trinajstić information content (AvgIpc) is 3.00. The van der Waals surface area contributed by atoms with Crippen molar-refractivity contribution in [3.63, 3.8) is 0 Å². The zero-order chi connectivity index (χ0) is 22.0. The summed E-state index contributed by atoms with van der Waals surface area (Å²) in [5.41, 5.74) is 2.50. The molecule has 7 nitrogen and oxygen atoms in total. The first-order valence-electron chi connectivity index (χ1n) is 8.94. The summed E-state index contributed by atoms with van der Waals surface area (Å²) < 4.78 is 8.70. The lowest BCUT2D eigenvalue weighted by molar-refractivity contribution is -0.123. The molecule has 0 spiro atoms. The number of pyridine rings is 1. The fourth-order valence-electron chi connectivity index (χ4n) is 2.82. The van der Waals surface area contributed by atoms with Crippen LogP contribution in [0.3, 0.4) is 0 Å². The fourth-order valence-corrected chi connectivity index (χ4v) is 3.80. The summed E-state index contributed by atoms with van der Waals surface area (Å²) in [6, 6.07) is 6.96. The number of hydrogen-bond acceptors (Lipinski definition) is 4. The van der Waals surface area contributed by atoms with Gasteiger partial charge < -0.3 is 15.0 Å². The third-order valence-corrected chi connectivity index (χ3v) is 6.21. The average molecular weight is 551 g/mol. The number of benzene rings is 1. The molecule has 2 amide bonds. The van der Waals surface area contributed by atoms with Crippen LogP contribution in [0, 0.1) is 6.92 Å². The van der Waals surface area contributed by atoms with Crippen LogP contribution in [0.15, 0.2) is 35.1 Å². The topological polar surface area (TPSA) is 75.9 Å². The zero-order valence-electron chi connectivity index (χ0n) is 16.9. The number of aryl methyl sites for hydroxylation is 1. The second-order valence-electron chi connectivity index (χ2n) is 6.56. The Balaban J connectivity index is 0.00000341. The second kappa shape index (κ2) is 10.5. The molecule has 31 heavy (non-hydrogen) atoms. The van der Waals surface area contributed by atoms with E-state index in [1.807, 2.05) is 29.7 Å². The van der Waals surface area contributed by atoms with Crippen LogP contribution in [0.5, 0.6) is 5.75 Å². The molecule has 1 aromatic carbocycles. The standard InChI is InChI=1S/C20H19BrCl2N4O3.ClH/c1-11-19(21)27-8-4-5-16(20(27)25-11)30-10-13-14(22)6-7-15(18(13)23)26(3)17(29)9-24-12(2)28;/h4-8H,9-10H2,1-3H3,(H,24,28);1H. The number of nitrogens with one attached hydrogen (secondary N) is 1. The maximum absolute atomic E-state index is 12.3. The highest BCUT2D eigenvalue weighted by Gasteiger charge is 2.19. The Hall–Kier alpha value is -2.00. The van der Waals surface area contributed by atoms with Gasteiger partial charge in [-0.05, 0) is 47.1 Å². The van der Waals surface area contributed by atoms with Gasteiger partial charge in [0.1, 0.15) is 11.2 Å². The number of anilines is 1. The lowest BCUT2D eigenvalue weighted by Gasteiger charge is -2.21. The molecule has 11 heteroatoms. The van der Waals surface area contributed by atoms with Crippen molar-refractivity contribution >= 4 is 74.7 Å². The molecular formula is C20H20BrCl3N4O3. The molecule has 0 saturated heterocycles. The summed E-state index contributed by atoms with van der Waals surface area (Å²) in [4.78, 5) is 29.3. The van der Waals surface area contributed by atoms with Crippen LogP contribution in [-0.2, 0) is 16.2 Å². The lowest BCUT2D eigenvalue weighted by atomic mass is 10.2. The van der Waals surface area contributed by atoms with Crippen LogP contribution in [-0.4, -0.2) is 34.8 Å². The van der Waals surface area contributed by atoms with E-state index in [2.05, 4.69) is 26.2 Å². The summed E-state index contributed by atoms with van der Waals surface area (Å²) in [6.07, 6.45) is 1.88. The van der Waals surface area contributed by atoms with E-state index in [9.17, 15) is 9.59 Å². The van der Waals surface area contributed by atoms with Crippen LogP contribution >= 0.6 is 51.5 Å². The highest BCUT2D eigenvalue weighted by molar-refractivity contribution is 9.10. The Kier molecular flexibility index (Phi) is 8.59. The van der Waals surface area contributed by atoms with E-state index in [1.54, 1.807) is 19.2 Å². The monoisotopic (exact) mass is 548 g/mol. The molecule has 0 atom stereocenters. The summed E-state index contributed by atoms with van der Waals surface area (Å²) in [6.45, 7) is 3.19. The normalized spacial score (nSPS) is 10.5. The molecule has 2 heterocycles. The Morgan fingerprint density at radius 2 is 2.00 bits per heavy atom. The molecule has 3 rings (SSSR count). The first-order chi connectivity index (χ1) is 14.2. The second-order valence-corrected chi connectivity index (χ2v) is 8.10. The molecule has 0 aliphatic carbocycles. The number of aromatic nitrogens is 2. The predicted octanol–water partition coefficient (Wildman–Crippen LogP) is 4.81. The number of fused-ring (bicyclic) bond motifs is 1. The van der Waals surface area contributed by atoms with Crippen molar-refractivity contribution in [1.29, 1.82) is 0 Å². The van der Waals surface area contributed by atoms with Gasteiger partial charge in [-0.3, -0.25) is 14.0 Å². The Morgan fingerprint density at radius 3 is 2.68 bits per heavy atom. The van der Waals surface area contributed by atoms with E-state index in [1.165, 1.54) is 11.8 Å². The molecule has 0 aliphatic heterocycles. The first-order valence-corrected chi connectivity index (χ1v) is 10.5. The van der Waals surface area contributed by atoms with Gasteiger partial charge in [0, 0.05) is 30.8 Å². The minimum Gasteiger partial charge on any atom is -0.485 e. The number of rotatable bonds is 6. The van der Waals surface area contributed by atoms with Crippen molar-refractivity contribution in [3.8, 4) is 5.75 Å². The molecule has 0 fully saturated rings. The van der Waals surface area contributed by atoms with Gasteiger partial charge in [-0.25, -0.2) is 4.98 Å². The molecule has 0 bridgehead atoms. The number of ether oxygens (including phenoxy) is 1. The number of nitrogens with zero attached hydrogens (tertiary/aromatic N) is 3. The van der Waals surface area contributed by atoms with Gasteiger partial charge >= 0.3 is 0 Å². The van der Waals surface area contributed by atoms with Crippen LogP contribution in [0.4, 0.5) is 5.69 Å². The molecule has 166 valence electrons. The van der Waals surface area contributed by atoms with E-state index in [0.717, 1.165) is 10.3 Å². The van der Waals surface area contributed by atoms with Crippen molar-refractivity contribution < 1.29 is 14.3 Å².